The molecule has 0 aliphatic heterocycles. The van der Waals surface area contributed by atoms with Gasteiger partial charge in [-0.25, -0.2) is 0 Å². The third-order valence-corrected chi connectivity index (χ3v) is 4.08. The first kappa shape index (κ1) is 16.8. The van der Waals surface area contributed by atoms with Gasteiger partial charge >= 0.3 is 0 Å². The summed E-state index contributed by atoms with van der Waals surface area (Å²) in [5.41, 5.74) is 1.87. The van der Waals surface area contributed by atoms with Crippen LogP contribution < -0.4 is 10.1 Å². The van der Waals surface area contributed by atoms with Crippen LogP contribution in [-0.2, 0) is 6.54 Å². The molecule has 0 amide bonds. The summed E-state index contributed by atoms with van der Waals surface area (Å²) in [6.45, 7) is 2.98. The second-order valence-corrected chi connectivity index (χ2v) is 6.05. The van der Waals surface area contributed by atoms with E-state index in [0.717, 1.165) is 28.0 Å². The lowest BCUT2D eigenvalue weighted by atomic mass is 10.1. The summed E-state index contributed by atoms with van der Waals surface area (Å²) in [5.74, 6) is 1.64. The van der Waals surface area contributed by atoms with Crippen LogP contribution in [0, 0.1) is 0 Å². The fraction of sp³-hybridized carbons (Fsp3) is 0.263. The van der Waals surface area contributed by atoms with Crippen molar-refractivity contribution in [2.24, 2.45) is 0 Å². The fourth-order valence-electron chi connectivity index (χ4n) is 2.56. The van der Waals surface area contributed by atoms with E-state index in [2.05, 4.69) is 12.2 Å². The third kappa shape index (κ3) is 3.90. The lowest BCUT2D eigenvalue weighted by molar-refractivity contribution is 0.200. The lowest BCUT2D eigenvalue weighted by Crippen LogP contribution is -2.18. The molecule has 0 fully saturated rings. The summed E-state index contributed by atoms with van der Waals surface area (Å²) in [6, 6.07) is 15.4. The van der Waals surface area contributed by atoms with E-state index in [9.17, 15) is 0 Å². The highest BCUT2D eigenvalue weighted by molar-refractivity contribution is 6.31. The van der Waals surface area contributed by atoms with Crippen LogP contribution in [0.4, 0.5) is 0 Å². The standard InChI is InChI=1S/C19H20ClNO3/c1-13(19-11-15-10-16(20)6-7-18(15)24-19)21-12-14-4-2-3-5-17(14)23-9-8-22/h2-7,10-11,13,21-22H,8-9,12H2,1H3. The molecule has 0 radical (unpaired) electrons. The van der Waals surface area contributed by atoms with Gasteiger partial charge in [-0.2, -0.15) is 0 Å². The Kier molecular flexibility index (Phi) is 5.41. The minimum absolute atomic E-state index is 0.000288. The van der Waals surface area contributed by atoms with Crippen molar-refractivity contribution in [3.05, 3.63) is 64.9 Å². The largest absolute Gasteiger partial charge is 0.491 e. The fourth-order valence-corrected chi connectivity index (χ4v) is 2.74. The van der Waals surface area contributed by atoms with Crippen LogP contribution in [0.15, 0.2) is 52.9 Å². The number of ether oxygens (including phenoxy) is 1. The second-order valence-electron chi connectivity index (χ2n) is 5.61. The molecule has 24 heavy (non-hydrogen) atoms. The Morgan fingerprint density at radius 3 is 2.88 bits per heavy atom. The van der Waals surface area contributed by atoms with Gasteiger partial charge in [0.2, 0.25) is 0 Å². The van der Waals surface area contributed by atoms with Crippen molar-refractivity contribution in [2.45, 2.75) is 19.5 Å². The molecule has 1 unspecified atom stereocenters. The second kappa shape index (κ2) is 7.71. The molecule has 1 aromatic heterocycles. The summed E-state index contributed by atoms with van der Waals surface area (Å²) in [4.78, 5) is 0. The highest BCUT2D eigenvalue weighted by atomic mass is 35.5. The number of nitrogens with one attached hydrogen (secondary N) is 1. The molecule has 2 aromatic carbocycles. The van der Waals surface area contributed by atoms with E-state index in [1.165, 1.54) is 0 Å². The van der Waals surface area contributed by atoms with Crippen LogP contribution in [0.3, 0.4) is 0 Å². The summed E-state index contributed by atoms with van der Waals surface area (Å²) >= 11 is 6.02. The molecule has 0 saturated carbocycles. The predicted molar refractivity (Wildman–Crippen MR) is 95.5 cm³/mol. The first-order valence-electron chi connectivity index (χ1n) is 7.91. The normalized spacial score (nSPS) is 12.5. The first-order valence-corrected chi connectivity index (χ1v) is 8.29. The monoisotopic (exact) mass is 345 g/mol. The molecule has 0 aliphatic carbocycles. The summed E-state index contributed by atoms with van der Waals surface area (Å²) in [6.07, 6.45) is 0. The van der Waals surface area contributed by atoms with Crippen molar-refractivity contribution >= 4 is 22.6 Å². The van der Waals surface area contributed by atoms with Gasteiger partial charge in [0.25, 0.3) is 0 Å². The van der Waals surface area contributed by atoms with Crippen LogP contribution in [0.25, 0.3) is 11.0 Å². The van der Waals surface area contributed by atoms with Crippen LogP contribution in [0.2, 0.25) is 5.02 Å². The molecule has 126 valence electrons. The van der Waals surface area contributed by atoms with E-state index in [1.54, 1.807) is 0 Å². The number of aliphatic hydroxyl groups excluding tert-OH is 1. The van der Waals surface area contributed by atoms with Gasteiger partial charge in [-0.1, -0.05) is 29.8 Å². The quantitative estimate of drug-likeness (QED) is 0.670. The number of fused-ring (bicyclic) bond motifs is 1. The van der Waals surface area contributed by atoms with Gasteiger partial charge in [-0.05, 0) is 37.3 Å². The van der Waals surface area contributed by atoms with Gasteiger partial charge in [0, 0.05) is 22.5 Å². The van der Waals surface area contributed by atoms with Gasteiger partial charge in [-0.3, -0.25) is 0 Å². The molecule has 2 N–H and O–H groups in total. The van der Waals surface area contributed by atoms with Gasteiger partial charge in [0.15, 0.2) is 0 Å². The van der Waals surface area contributed by atoms with Crippen molar-refractivity contribution < 1.29 is 14.3 Å². The molecular weight excluding hydrogens is 326 g/mol. The number of halogens is 1. The molecule has 0 saturated heterocycles. The predicted octanol–water partition coefficient (Wildman–Crippen LogP) is 4.31. The molecule has 4 nitrogen and oxygen atoms in total. The van der Waals surface area contributed by atoms with Crippen LogP contribution in [0.5, 0.6) is 5.75 Å². The van der Waals surface area contributed by atoms with E-state index in [1.807, 2.05) is 48.5 Å². The number of benzene rings is 2. The number of hydrogen-bond donors (Lipinski definition) is 2. The van der Waals surface area contributed by atoms with Crippen LogP contribution >= 0.6 is 11.6 Å². The Labute approximate surface area is 146 Å². The number of hydrogen-bond acceptors (Lipinski definition) is 4. The smallest absolute Gasteiger partial charge is 0.134 e. The Balaban J connectivity index is 1.69. The van der Waals surface area contributed by atoms with Crippen molar-refractivity contribution in [3.8, 4) is 5.75 Å². The lowest BCUT2D eigenvalue weighted by Gasteiger charge is -2.14. The molecule has 0 spiro atoms. The van der Waals surface area contributed by atoms with Gasteiger partial charge in [0.05, 0.1) is 12.6 Å². The summed E-state index contributed by atoms with van der Waals surface area (Å²) < 4.78 is 11.4. The van der Waals surface area contributed by atoms with E-state index in [4.69, 9.17) is 25.9 Å². The van der Waals surface area contributed by atoms with Crippen molar-refractivity contribution in [1.29, 1.82) is 0 Å². The zero-order valence-electron chi connectivity index (χ0n) is 13.5. The Morgan fingerprint density at radius 2 is 2.04 bits per heavy atom. The molecular formula is C19H20ClNO3. The maximum Gasteiger partial charge on any atom is 0.134 e. The van der Waals surface area contributed by atoms with Gasteiger partial charge < -0.3 is 19.6 Å². The maximum atomic E-state index is 8.91. The van der Waals surface area contributed by atoms with Crippen LogP contribution in [0.1, 0.15) is 24.3 Å². The molecule has 0 bridgehead atoms. The van der Waals surface area contributed by atoms with Crippen LogP contribution in [-0.4, -0.2) is 18.3 Å². The number of aliphatic hydroxyl groups is 1. The van der Waals surface area contributed by atoms with Crippen molar-refractivity contribution in [3.63, 3.8) is 0 Å². The number of para-hydroxylation sites is 1. The maximum absolute atomic E-state index is 8.91. The van der Waals surface area contributed by atoms with Gasteiger partial charge in [0.1, 0.15) is 23.7 Å². The molecule has 3 aromatic rings. The Hall–Kier alpha value is -2.01. The average Bonchev–Trinajstić information content (AvgIpc) is 3.01. The zero-order chi connectivity index (χ0) is 16.9. The third-order valence-electron chi connectivity index (χ3n) is 3.84. The molecule has 1 atom stereocenters. The van der Waals surface area contributed by atoms with Crippen molar-refractivity contribution in [1.82, 2.24) is 5.32 Å². The zero-order valence-corrected chi connectivity index (χ0v) is 14.2. The minimum Gasteiger partial charge on any atom is -0.491 e. The highest BCUT2D eigenvalue weighted by Gasteiger charge is 2.12. The van der Waals surface area contributed by atoms with E-state index in [0.29, 0.717) is 11.6 Å². The Bertz CT molecular complexity index is 815. The first-order chi connectivity index (χ1) is 11.7. The van der Waals surface area contributed by atoms with Crippen molar-refractivity contribution in [2.75, 3.05) is 13.2 Å². The SMILES string of the molecule is CC(NCc1ccccc1OCCO)c1cc2cc(Cl)ccc2o1. The molecule has 5 heteroatoms. The van der Waals surface area contributed by atoms with E-state index < -0.39 is 0 Å². The summed E-state index contributed by atoms with van der Waals surface area (Å²) in [7, 11) is 0. The average molecular weight is 346 g/mol. The van der Waals surface area contributed by atoms with E-state index in [-0.39, 0.29) is 19.3 Å². The Morgan fingerprint density at radius 1 is 1.21 bits per heavy atom. The van der Waals surface area contributed by atoms with Gasteiger partial charge in [-0.15, -0.1) is 0 Å². The summed E-state index contributed by atoms with van der Waals surface area (Å²) in [5, 5.41) is 14.0. The topological polar surface area (TPSA) is 54.6 Å². The molecule has 0 aliphatic rings. The van der Waals surface area contributed by atoms with E-state index >= 15 is 0 Å². The number of rotatable bonds is 7. The highest BCUT2D eigenvalue weighted by Crippen LogP contribution is 2.27. The minimum atomic E-state index is -0.000288. The number of furan rings is 1. The molecule has 3 rings (SSSR count). The molecule has 1 heterocycles.